The molecule has 0 fully saturated rings. The molecule has 0 aliphatic heterocycles. The van der Waals surface area contributed by atoms with Crippen LogP contribution < -0.4 is 0 Å². The lowest BCUT2D eigenvalue weighted by atomic mass is 10.1. The van der Waals surface area contributed by atoms with Crippen LogP contribution in [-0.2, 0) is 0 Å². The summed E-state index contributed by atoms with van der Waals surface area (Å²) in [6.45, 7) is 2.09. The quantitative estimate of drug-likeness (QED) is 0.484. The van der Waals surface area contributed by atoms with Crippen molar-refractivity contribution < 1.29 is 4.79 Å². The molecule has 0 saturated heterocycles. The van der Waals surface area contributed by atoms with E-state index >= 15 is 0 Å². The number of unbranched alkanes of at least 4 members (excludes halogenated alkanes) is 1. The second kappa shape index (κ2) is 6.96. The summed E-state index contributed by atoms with van der Waals surface area (Å²) in [5.74, 6) is 1.75. The molecule has 2 aromatic heterocycles. The molecule has 130 valence electrons. The van der Waals surface area contributed by atoms with Gasteiger partial charge in [-0.1, -0.05) is 37.6 Å². The molecule has 2 heterocycles. The van der Waals surface area contributed by atoms with Crippen molar-refractivity contribution in [2.75, 3.05) is 0 Å². The first-order chi connectivity index (χ1) is 12.8. The fourth-order valence-electron chi connectivity index (χ4n) is 3.10. The Bertz CT molecular complexity index is 1050. The number of aromatic amines is 2. The van der Waals surface area contributed by atoms with Crippen molar-refractivity contribution >= 4 is 16.8 Å². The SMILES string of the molecule is CCCCC(=O)c1ccc2nc(-c3ccccc3-c3ncc[nH]3)[nH]c2c1. The number of benzene rings is 2. The van der Waals surface area contributed by atoms with Gasteiger partial charge in [-0.2, -0.15) is 0 Å². The van der Waals surface area contributed by atoms with Gasteiger partial charge in [0.1, 0.15) is 11.6 Å². The van der Waals surface area contributed by atoms with Gasteiger partial charge in [0.05, 0.1) is 11.0 Å². The molecule has 0 aliphatic carbocycles. The van der Waals surface area contributed by atoms with Crippen molar-refractivity contribution in [2.45, 2.75) is 26.2 Å². The number of hydrogen-bond donors (Lipinski definition) is 2. The van der Waals surface area contributed by atoms with Gasteiger partial charge in [0.2, 0.25) is 0 Å². The van der Waals surface area contributed by atoms with Crippen LogP contribution in [0.25, 0.3) is 33.8 Å². The van der Waals surface area contributed by atoms with E-state index in [1.807, 2.05) is 42.5 Å². The van der Waals surface area contributed by atoms with Crippen molar-refractivity contribution in [3.8, 4) is 22.8 Å². The summed E-state index contributed by atoms with van der Waals surface area (Å²) in [6, 6.07) is 13.7. The van der Waals surface area contributed by atoms with Gasteiger partial charge in [-0.05, 0) is 24.6 Å². The molecule has 0 unspecified atom stereocenters. The number of carbonyl (C=O) groups excluding carboxylic acids is 1. The van der Waals surface area contributed by atoms with Crippen LogP contribution in [0, 0.1) is 0 Å². The minimum Gasteiger partial charge on any atom is -0.345 e. The number of ketones is 1. The number of Topliss-reactive ketones (excluding diaryl/α,β-unsaturated/α-hetero) is 1. The Hall–Kier alpha value is -3.21. The van der Waals surface area contributed by atoms with Crippen molar-refractivity contribution in [2.24, 2.45) is 0 Å². The van der Waals surface area contributed by atoms with E-state index < -0.39 is 0 Å². The molecule has 5 nitrogen and oxygen atoms in total. The molecule has 4 aromatic rings. The molecule has 0 spiro atoms. The first-order valence-corrected chi connectivity index (χ1v) is 8.88. The van der Waals surface area contributed by atoms with E-state index in [9.17, 15) is 4.79 Å². The standard InChI is InChI=1S/C21H20N4O/c1-2-3-8-19(26)14-9-10-17-18(13-14)25-21(24-17)16-7-5-4-6-15(16)20-22-11-12-23-20/h4-7,9-13H,2-3,8H2,1H3,(H,22,23)(H,24,25). The predicted molar refractivity (Wildman–Crippen MR) is 103 cm³/mol. The number of aromatic nitrogens is 4. The minimum atomic E-state index is 0.181. The first kappa shape index (κ1) is 16.3. The van der Waals surface area contributed by atoms with Gasteiger partial charge in [0, 0.05) is 35.5 Å². The summed E-state index contributed by atoms with van der Waals surface area (Å²) in [7, 11) is 0. The van der Waals surface area contributed by atoms with Crippen LogP contribution in [0.3, 0.4) is 0 Å². The Labute approximate surface area is 151 Å². The van der Waals surface area contributed by atoms with Crippen molar-refractivity contribution in [3.05, 3.63) is 60.4 Å². The van der Waals surface area contributed by atoms with E-state index in [1.54, 1.807) is 12.4 Å². The molecule has 0 bridgehead atoms. The zero-order valence-electron chi connectivity index (χ0n) is 14.6. The lowest BCUT2D eigenvalue weighted by Gasteiger charge is -2.04. The summed E-state index contributed by atoms with van der Waals surface area (Å²) in [6.07, 6.45) is 6.07. The average molecular weight is 344 g/mol. The molecular weight excluding hydrogens is 324 g/mol. The van der Waals surface area contributed by atoms with Gasteiger partial charge in [0.15, 0.2) is 5.78 Å². The average Bonchev–Trinajstić information content (AvgIpc) is 3.35. The van der Waals surface area contributed by atoms with E-state index in [2.05, 4.69) is 21.9 Å². The summed E-state index contributed by atoms with van der Waals surface area (Å²) in [5.41, 5.74) is 4.41. The van der Waals surface area contributed by atoms with Gasteiger partial charge in [-0.25, -0.2) is 9.97 Å². The maximum Gasteiger partial charge on any atom is 0.162 e. The van der Waals surface area contributed by atoms with Crippen molar-refractivity contribution in [1.29, 1.82) is 0 Å². The number of H-pyrrole nitrogens is 2. The monoisotopic (exact) mass is 344 g/mol. The summed E-state index contributed by atoms with van der Waals surface area (Å²) < 4.78 is 0. The largest absolute Gasteiger partial charge is 0.345 e. The van der Waals surface area contributed by atoms with Crippen LogP contribution in [0.4, 0.5) is 0 Å². The topological polar surface area (TPSA) is 74.4 Å². The molecule has 0 saturated carbocycles. The van der Waals surface area contributed by atoms with Crippen molar-refractivity contribution in [3.63, 3.8) is 0 Å². The molecule has 2 aromatic carbocycles. The molecule has 0 aliphatic rings. The maximum absolute atomic E-state index is 12.3. The zero-order chi connectivity index (χ0) is 17.9. The fraction of sp³-hybridized carbons (Fsp3) is 0.190. The van der Waals surface area contributed by atoms with Gasteiger partial charge in [-0.15, -0.1) is 0 Å². The molecule has 0 atom stereocenters. The summed E-state index contributed by atoms with van der Waals surface area (Å²) in [5, 5.41) is 0. The number of imidazole rings is 2. The molecule has 0 radical (unpaired) electrons. The van der Waals surface area contributed by atoms with Crippen molar-refractivity contribution in [1.82, 2.24) is 19.9 Å². The zero-order valence-corrected chi connectivity index (χ0v) is 14.6. The van der Waals surface area contributed by atoms with Crippen LogP contribution in [-0.4, -0.2) is 25.7 Å². The van der Waals surface area contributed by atoms with E-state index in [4.69, 9.17) is 4.98 Å². The number of nitrogens with one attached hydrogen (secondary N) is 2. The summed E-state index contributed by atoms with van der Waals surface area (Å²) >= 11 is 0. The predicted octanol–water partition coefficient (Wildman–Crippen LogP) is 4.99. The van der Waals surface area contributed by atoms with Crippen LogP contribution in [0.5, 0.6) is 0 Å². The highest BCUT2D eigenvalue weighted by Gasteiger charge is 2.13. The molecular formula is C21H20N4O. The third kappa shape index (κ3) is 3.04. The number of fused-ring (bicyclic) bond motifs is 1. The van der Waals surface area contributed by atoms with Crippen LogP contribution >= 0.6 is 0 Å². The Balaban J connectivity index is 1.74. The molecule has 0 amide bonds. The van der Waals surface area contributed by atoms with Crippen LogP contribution in [0.15, 0.2) is 54.9 Å². The Morgan fingerprint density at radius 1 is 1.08 bits per heavy atom. The van der Waals surface area contributed by atoms with Gasteiger partial charge in [0.25, 0.3) is 0 Å². The lowest BCUT2D eigenvalue weighted by Crippen LogP contribution is -1.98. The lowest BCUT2D eigenvalue weighted by molar-refractivity contribution is 0.0980. The Kier molecular flexibility index (Phi) is 4.35. The summed E-state index contributed by atoms with van der Waals surface area (Å²) in [4.78, 5) is 27.8. The molecule has 26 heavy (non-hydrogen) atoms. The maximum atomic E-state index is 12.3. The number of hydrogen-bond acceptors (Lipinski definition) is 3. The van der Waals surface area contributed by atoms with Crippen LogP contribution in [0.1, 0.15) is 36.5 Å². The number of carbonyl (C=O) groups is 1. The highest BCUT2D eigenvalue weighted by atomic mass is 16.1. The van der Waals surface area contributed by atoms with Crippen LogP contribution in [0.2, 0.25) is 0 Å². The third-order valence-corrected chi connectivity index (χ3v) is 4.50. The highest BCUT2D eigenvalue weighted by molar-refractivity contribution is 5.99. The minimum absolute atomic E-state index is 0.181. The second-order valence-electron chi connectivity index (χ2n) is 6.33. The molecule has 4 rings (SSSR count). The molecule has 2 N–H and O–H groups in total. The first-order valence-electron chi connectivity index (χ1n) is 8.88. The number of nitrogens with zero attached hydrogens (tertiary/aromatic N) is 2. The molecule has 5 heteroatoms. The van der Waals surface area contributed by atoms with Gasteiger partial charge in [-0.3, -0.25) is 4.79 Å². The second-order valence-corrected chi connectivity index (χ2v) is 6.33. The van der Waals surface area contributed by atoms with Gasteiger partial charge < -0.3 is 9.97 Å². The van der Waals surface area contributed by atoms with E-state index in [0.717, 1.165) is 52.2 Å². The highest BCUT2D eigenvalue weighted by Crippen LogP contribution is 2.29. The van der Waals surface area contributed by atoms with E-state index in [-0.39, 0.29) is 5.78 Å². The Morgan fingerprint density at radius 2 is 1.88 bits per heavy atom. The fourth-order valence-corrected chi connectivity index (χ4v) is 3.10. The van der Waals surface area contributed by atoms with E-state index in [1.165, 1.54) is 0 Å². The van der Waals surface area contributed by atoms with E-state index in [0.29, 0.717) is 6.42 Å². The smallest absolute Gasteiger partial charge is 0.162 e. The third-order valence-electron chi connectivity index (χ3n) is 4.50. The Morgan fingerprint density at radius 3 is 2.62 bits per heavy atom. The normalized spacial score (nSPS) is 11.1. The van der Waals surface area contributed by atoms with Gasteiger partial charge >= 0.3 is 0 Å². The number of rotatable bonds is 6.